The largest absolute Gasteiger partial charge is 0.468 e. The van der Waals surface area contributed by atoms with Gasteiger partial charge in [0, 0.05) is 0 Å². The van der Waals surface area contributed by atoms with Crippen LogP contribution < -0.4 is 5.73 Å². The first-order valence-corrected chi connectivity index (χ1v) is 4.66. The van der Waals surface area contributed by atoms with Gasteiger partial charge in [0.05, 0.1) is 13.2 Å². The predicted molar refractivity (Wildman–Crippen MR) is 48.0 cm³/mol. The number of carbonyl (C=O) groups is 1. The molecule has 3 atom stereocenters. The van der Waals surface area contributed by atoms with Crippen molar-refractivity contribution < 1.29 is 14.6 Å². The number of ether oxygens (including phenoxy) is 1. The molecule has 3 N–H and O–H groups in total. The number of aliphatic hydroxyl groups excluding tert-OH is 1. The third kappa shape index (κ3) is 2.67. The summed E-state index contributed by atoms with van der Waals surface area (Å²) in [5.41, 5.74) is 5.68. The number of methoxy groups -OCH3 is 1. The van der Waals surface area contributed by atoms with Gasteiger partial charge in [-0.3, -0.25) is 4.79 Å². The van der Waals surface area contributed by atoms with E-state index in [1.807, 2.05) is 0 Å². The minimum absolute atomic E-state index is 0.0798. The second-order valence-corrected chi connectivity index (χ2v) is 3.63. The van der Waals surface area contributed by atoms with Crippen LogP contribution in [0.25, 0.3) is 0 Å². The summed E-state index contributed by atoms with van der Waals surface area (Å²) in [5.74, 6) is -0.296. The summed E-state index contributed by atoms with van der Waals surface area (Å²) in [7, 11) is 1.33. The van der Waals surface area contributed by atoms with Gasteiger partial charge in [-0.15, -0.1) is 0 Å². The first-order chi connectivity index (χ1) is 6.15. The topological polar surface area (TPSA) is 72.5 Å². The normalized spacial score (nSPS) is 31.0. The SMILES string of the molecule is COC(=O)C(N)[C@H]1CCCC(O)C1. The number of hydrogen-bond donors (Lipinski definition) is 2. The molecule has 1 aliphatic rings. The molecule has 1 saturated carbocycles. The maximum Gasteiger partial charge on any atom is 0.322 e. The fourth-order valence-corrected chi connectivity index (χ4v) is 1.86. The Kier molecular flexibility index (Phi) is 3.69. The van der Waals surface area contributed by atoms with Gasteiger partial charge in [0.15, 0.2) is 0 Å². The van der Waals surface area contributed by atoms with E-state index < -0.39 is 6.04 Å². The Hall–Kier alpha value is -0.610. The Labute approximate surface area is 78.1 Å². The van der Waals surface area contributed by atoms with E-state index in [4.69, 9.17) is 5.73 Å². The highest BCUT2D eigenvalue weighted by molar-refractivity contribution is 5.75. The van der Waals surface area contributed by atoms with Gasteiger partial charge in [-0.25, -0.2) is 0 Å². The van der Waals surface area contributed by atoms with Crippen molar-refractivity contribution in [3.05, 3.63) is 0 Å². The lowest BCUT2D eigenvalue weighted by Gasteiger charge is -2.28. The van der Waals surface area contributed by atoms with Gasteiger partial charge in [0.1, 0.15) is 6.04 Å². The van der Waals surface area contributed by atoms with Crippen molar-refractivity contribution in [2.45, 2.75) is 37.8 Å². The molecule has 0 saturated heterocycles. The number of hydrogen-bond acceptors (Lipinski definition) is 4. The molecule has 13 heavy (non-hydrogen) atoms. The van der Waals surface area contributed by atoms with Crippen molar-refractivity contribution in [3.8, 4) is 0 Å². The fourth-order valence-electron chi connectivity index (χ4n) is 1.86. The minimum Gasteiger partial charge on any atom is -0.468 e. The monoisotopic (exact) mass is 187 g/mol. The van der Waals surface area contributed by atoms with E-state index in [1.54, 1.807) is 0 Å². The lowest BCUT2D eigenvalue weighted by Crippen LogP contribution is -2.41. The van der Waals surface area contributed by atoms with E-state index in [0.29, 0.717) is 6.42 Å². The fraction of sp³-hybridized carbons (Fsp3) is 0.889. The van der Waals surface area contributed by atoms with Crippen molar-refractivity contribution >= 4 is 5.97 Å². The summed E-state index contributed by atoms with van der Waals surface area (Å²) in [6.45, 7) is 0. The van der Waals surface area contributed by atoms with Crippen LogP contribution in [0.1, 0.15) is 25.7 Å². The lowest BCUT2D eigenvalue weighted by molar-refractivity contribution is -0.144. The van der Waals surface area contributed by atoms with Crippen LogP contribution in [0.4, 0.5) is 0 Å². The molecule has 0 radical (unpaired) electrons. The Morgan fingerprint density at radius 2 is 2.31 bits per heavy atom. The zero-order chi connectivity index (χ0) is 9.84. The third-order valence-corrected chi connectivity index (χ3v) is 2.67. The second kappa shape index (κ2) is 4.58. The van der Waals surface area contributed by atoms with Crippen LogP contribution in [0.3, 0.4) is 0 Å². The van der Waals surface area contributed by atoms with Crippen molar-refractivity contribution in [2.24, 2.45) is 11.7 Å². The van der Waals surface area contributed by atoms with Crippen molar-refractivity contribution in [3.63, 3.8) is 0 Å². The molecule has 1 aliphatic carbocycles. The molecule has 1 fully saturated rings. The van der Waals surface area contributed by atoms with Gasteiger partial charge in [-0.1, -0.05) is 6.42 Å². The summed E-state index contributed by atoms with van der Waals surface area (Å²) in [4.78, 5) is 11.1. The third-order valence-electron chi connectivity index (χ3n) is 2.67. The number of carbonyl (C=O) groups excluding carboxylic acids is 1. The quantitative estimate of drug-likeness (QED) is 0.598. The molecule has 0 bridgehead atoms. The van der Waals surface area contributed by atoms with Gasteiger partial charge in [0.25, 0.3) is 0 Å². The second-order valence-electron chi connectivity index (χ2n) is 3.63. The van der Waals surface area contributed by atoms with Crippen LogP contribution in [0.2, 0.25) is 0 Å². The standard InChI is InChI=1S/C9H17NO3/c1-13-9(12)8(10)6-3-2-4-7(11)5-6/h6-8,11H,2-5,10H2,1H3/t6-,7?,8?/m0/s1. The van der Waals surface area contributed by atoms with Crippen molar-refractivity contribution in [1.29, 1.82) is 0 Å². The summed E-state index contributed by atoms with van der Waals surface area (Å²) < 4.78 is 4.55. The number of nitrogens with two attached hydrogens (primary N) is 1. The minimum atomic E-state index is -0.569. The molecule has 0 amide bonds. The highest BCUT2D eigenvalue weighted by atomic mass is 16.5. The maximum atomic E-state index is 11.1. The molecular weight excluding hydrogens is 170 g/mol. The molecular formula is C9H17NO3. The number of esters is 1. The van der Waals surface area contributed by atoms with Crippen LogP contribution in [0.15, 0.2) is 0 Å². The van der Waals surface area contributed by atoms with Crippen LogP contribution in [0, 0.1) is 5.92 Å². The summed E-state index contributed by atoms with van der Waals surface area (Å²) >= 11 is 0. The van der Waals surface area contributed by atoms with E-state index >= 15 is 0 Å². The van der Waals surface area contributed by atoms with Gasteiger partial charge in [-0.05, 0) is 25.2 Å². The highest BCUT2D eigenvalue weighted by Gasteiger charge is 2.29. The smallest absolute Gasteiger partial charge is 0.322 e. The zero-order valence-corrected chi connectivity index (χ0v) is 7.90. The Balaban J connectivity index is 2.45. The lowest BCUT2D eigenvalue weighted by atomic mass is 9.83. The zero-order valence-electron chi connectivity index (χ0n) is 7.90. The van der Waals surface area contributed by atoms with Crippen LogP contribution >= 0.6 is 0 Å². The average Bonchev–Trinajstić information content (AvgIpc) is 2.15. The number of aliphatic hydroxyl groups is 1. The van der Waals surface area contributed by atoms with E-state index in [9.17, 15) is 9.90 Å². The molecule has 0 aliphatic heterocycles. The molecule has 4 heteroatoms. The molecule has 1 rings (SSSR count). The summed E-state index contributed by atoms with van der Waals surface area (Å²) in [6, 6.07) is -0.569. The Morgan fingerprint density at radius 3 is 2.85 bits per heavy atom. The van der Waals surface area contributed by atoms with Gasteiger partial charge < -0.3 is 15.6 Å². The summed E-state index contributed by atoms with van der Waals surface area (Å²) in [5, 5.41) is 9.38. The number of rotatable bonds is 2. The molecule has 2 unspecified atom stereocenters. The van der Waals surface area contributed by atoms with Crippen LogP contribution in [-0.4, -0.2) is 30.3 Å². The molecule has 0 spiro atoms. The Bertz CT molecular complexity index is 184. The molecule has 0 aromatic heterocycles. The molecule has 4 nitrogen and oxygen atoms in total. The molecule has 0 aromatic rings. The first-order valence-electron chi connectivity index (χ1n) is 4.66. The summed E-state index contributed by atoms with van der Waals surface area (Å²) in [6.07, 6.45) is 3.00. The molecule has 0 heterocycles. The molecule has 76 valence electrons. The van der Waals surface area contributed by atoms with Crippen LogP contribution in [-0.2, 0) is 9.53 Å². The van der Waals surface area contributed by atoms with Gasteiger partial charge >= 0.3 is 5.97 Å². The van der Waals surface area contributed by atoms with E-state index in [0.717, 1.165) is 19.3 Å². The van der Waals surface area contributed by atoms with E-state index in [-0.39, 0.29) is 18.0 Å². The van der Waals surface area contributed by atoms with Crippen molar-refractivity contribution in [2.75, 3.05) is 7.11 Å². The highest BCUT2D eigenvalue weighted by Crippen LogP contribution is 2.26. The van der Waals surface area contributed by atoms with Gasteiger partial charge in [0.2, 0.25) is 0 Å². The Morgan fingerprint density at radius 1 is 1.62 bits per heavy atom. The average molecular weight is 187 g/mol. The van der Waals surface area contributed by atoms with Gasteiger partial charge in [-0.2, -0.15) is 0 Å². The van der Waals surface area contributed by atoms with E-state index in [2.05, 4.69) is 4.74 Å². The molecule has 0 aromatic carbocycles. The maximum absolute atomic E-state index is 11.1. The van der Waals surface area contributed by atoms with E-state index in [1.165, 1.54) is 7.11 Å². The first kappa shape index (κ1) is 10.5. The van der Waals surface area contributed by atoms with Crippen molar-refractivity contribution in [1.82, 2.24) is 0 Å². The predicted octanol–water partition coefficient (Wildman–Crippen LogP) is 0.0378. The van der Waals surface area contributed by atoms with Crippen LogP contribution in [0.5, 0.6) is 0 Å².